The van der Waals surface area contributed by atoms with Gasteiger partial charge in [0.25, 0.3) is 0 Å². The predicted octanol–water partition coefficient (Wildman–Crippen LogP) is 2.57. The molecule has 1 saturated heterocycles. The fourth-order valence-electron chi connectivity index (χ4n) is 3.45. The van der Waals surface area contributed by atoms with Crippen LogP contribution in [0.2, 0.25) is 0 Å². The van der Waals surface area contributed by atoms with E-state index in [0.29, 0.717) is 5.92 Å². The Morgan fingerprint density at radius 2 is 2.17 bits per heavy atom. The third-order valence-electron chi connectivity index (χ3n) is 4.65. The van der Waals surface area contributed by atoms with Gasteiger partial charge in [-0.2, -0.15) is 0 Å². The number of fused-ring (bicyclic) bond motifs is 1. The van der Waals surface area contributed by atoms with Crippen molar-refractivity contribution in [2.45, 2.75) is 18.8 Å². The minimum absolute atomic E-state index is 0.409. The Labute approximate surface area is 141 Å². The van der Waals surface area contributed by atoms with Crippen LogP contribution in [-0.4, -0.2) is 46.5 Å². The predicted molar refractivity (Wildman–Crippen MR) is 95.7 cm³/mol. The molecule has 0 saturated carbocycles. The van der Waals surface area contributed by atoms with E-state index in [4.69, 9.17) is 4.98 Å². The van der Waals surface area contributed by atoms with Gasteiger partial charge in [0.1, 0.15) is 5.82 Å². The summed E-state index contributed by atoms with van der Waals surface area (Å²) in [6, 6.07) is 4.18. The van der Waals surface area contributed by atoms with Crippen LogP contribution >= 0.6 is 0 Å². The molecule has 1 fully saturated rings. The van der Waals surface area contributed by atoms with E-state index in [0.717, 1.165) is 48.8 Å². The zero-order valence-corrected chi connectivity index (χ0v) is 14.1. The monoisotopic (exact) mass is 322 g/mol. The quantitative estimate of drug-likeness (QED) is 0.742. The number of anilines is 2. The maximum atomic E-state index is 4.97. The highest BCUT2D eigenvalue weighted by Gasteiger charge is 2.24. The summed E-state index contributed by atoms with van der Waals surface area (Å²) in [7, 11) is 4.09. The van der Waals surface area contributed by atoms with Crippen LogP contribution in [0.25, 0.3) is 5.52 Å². The van der Waals surface area contributed by atoms with Crippen molar-refractivity contribution in [1.29, 1.82) is 0 Å². The number of piperidine rings is 1. The number of nitrogens with zero attached hydrogens (tertiary/aromatic N) is 6. The minimum Gasteiger partial charge on any atom is -0.361 e. The largest absolute Gasteiger partial charge is 0.361 e. The first kappa shape index (κ1) is 14.9. The molecule has 0 unspecified atom stereocenters. The highest BCUT2D eigenvalue weighted by atomic mass is 15.2. The lowest BCUT2D eigenvalue weighted by molar-refractivity contribution is 0.497. The van der Waals surface area contributed by atoms with Gasteiger partial charge < -0.3 is 14.2 Å². The van der Waals surface area contributed by atoms with E-state index in [9.17, 15) is 0 Å². The Hall–Kier alpha value is -2.63. The fourth-order valence-corrected chi connectivity index (χ4v) is 3.45. The van der Waals surface area contributed by atoms with Gasteiger partial charge in [0, 0.05) is 57.9 Å². The molecule has 0 aromatic carbocycles. The molecule has 0 amide bonds. The van der Waals surface area contributed by atoms with Crippen LogP contribution in [-0.2, 0) is 0 Å². The average molecular weight is 322 g/mol. The Morgan fingerprint density at radius 1 is 1.25 bits per heavy atom. The van der Waals surface area contributed by atoms with Gasteiger partial charge in [-0.25, -0.2) is 9.97 Å². The van der Waals surface area contributed by atoms with Crippen LogP contribution < -0.4 is 9.80 Å². The van der Waals surface area contributed by atoms with E-state index >= 15 is 0 Å². The lowest BCUT2D eigenvalue weighted by Crippen LogP contribution is -2.35. The molecule has 4 heterocycles. The molecule has 0 bridgehead atoms. The van der Waals surface area contributed by atoms with Gasteiger partial charge in [0.05, 0.1) is 17.4 Å². The SMILES string of the molecule is CN(C)c1nc([C@@H]2CCCN(c3cnccn3)C2)cn2cccc12. The van der Waals surface area contributed by atoms with Gasteiger partial charge in [-0.05, 0) is 25.0 Å². The summed E-state index contributed by atoms with van der Waals surface area (Å²) in [6.07, 6.45) is 11.9. The molecule has 0 aliphatic carbocycles. The van der Waals surface area contributed by atoms with Gasteiger partial charge in [-0.1, -0.05) is 0 Å². The van der Waals surface area contributed by atoms with Crippen LogP contribution in [0.3, 0.4) is 0 Å². The Balaban J connectivity index is 1.67. The van der Waals surface area contributed by atoms with Crippen molar-refractivity contribution in [2.75, 3.05) is 37.0 Å². The van der Waals surface area contributed by atoms with E-state index < -0.39 is 0 Å². The van der Waals surface area contributed by atoms with Crippen molar-refractivity contribution in [3.05, 3.63) is 48.8 Å². The molecule has 3 aromatic rings. The van der Waals surface area contributed by atoms with Crippen molar-refractivity contribution < 1.29 is 0 Å². The Bertz CT molecular complexity index is 826. The van der Waals surface area contributed by atoms with E-state index in [-0.39, 0.29) is 0 Å². The Kier molecular flexibility index (Phi) is 3.80. The van der Waals surface area contributed by atoms with Crippen LogP contribution in [0.1, 0.15) is 24.5 Å². The highest BCUT2D eigenvalue weighted by molar-refractivity contribution is 5.69. The van der Waals surface area contributed by atoms with Gasteiger partial charge in [-0.15, -0.1) is 0 Å². The van der Waals surface area contributed by atoms with Crippen molar-refractivity contribution in [2.24, 2.45) is 0 Å². The van der Waals surface area contributed by atoms with E-state index in [2.05, 4.69) is 48.7 Å². The van der Waals surface area contributed by atoms with Gasteiger partial charge in [0.2, 0.25) is 0 Å². The van der Waals surface area contributed by atoms with Gasteiger partial charge in [0.15, 0.2) is 5.82 Å². The molecular weight excluding hydrogens is 300 g/mol. The third kappa shape index (κ3) is 2.68. The van der Waals surface area contributed by atoms with Crippen LogP contribution in [0.15, 0.2) is 43.1 Å². The molecule has 4 rings (SSSR count). The molecule has 3 aromatic heterocycles. The molecular formula is C18H22N6. The van der Waals surface area contributed by atoms with Crippen LogP contribution in [0, 0.1) is 0 Å². The molecule has 124 valence electrons. The van der Waals surface area contributed by atoms with Crippen molar-refractivity contribution >= 4 is 17.2 Å². The summed E-state index contributed by atoms with van der Waals surface area (Å²) in [6.45, 7) is 1.97. The normalized spacial score (nSPS) is 18.1. The summed E-state index contributed by atoms with van der Waals surface area (Å²) in [5, 5.41) is 0. The number of hydrogen-bond donors (Lipinski definition) is 0. The molecule has 1 aliphatic rings. The second-order valence-corrected chi connectivity index (χ2v) is 6.53. The molecule has 1 aliphatic heterocycles. The summed E-state index contributed by atoms with van der Waals surface area (Å²) < 4.78 is 2.18. The summed E-state index contributed by atoms with van der Waals surface area (Å²) in [5.74, 6) is 2.39. The minimum atomic E-state index is 0.409. The van der Waals surface area contributed by atoms with E-state index in [1.165, 1.54) is 0 Å². The standard InChI is InChI=1S/C18H22N6/c1-22(2)18-16-6-4-9-23(16)13-15(21-18)14-5-3-10-24(12-14)17-11-19-7-8-20-17/h4,6-9,11,13-14H,3,5,10,12H2,1-2H3/t14-/m1/s1. The first-order valence-electron chi connectivity index (χ1n) is 8.38. The number of aromatic nitrogens is 4. The Morgan fingerprint density at radius 3 is 2.96 bits per heavy atom. The maximum absolute atomic E-state index is 4.97. The maximum Gasteiger partial charge on any atom is 0.152 e. The molecule has 0 N–H and O–H groups in total. The summed E-state index contributed by atoms with van der Waals surface area (Å²) in [5.41, 5.74) is 2.29. The zero-order chi connectivity index (χ0) is 16.5. The second-order valence-electron chi connectivity index (χ2n) is 6.53. The van der Waals surface area contributed by atoms with Gasteiger partial charge >= 0.3 is 0 Å². The van der Waals surface area contributed by atoms with E-state index in [1.54, 1.807) is 12.4 Å². The van der Waals surface area contributed by atoms with Crippen molar-refractivity contribution in [3.63, 3.8) is 0 Å². The fraction of sp³-hybridized carbons (Fsp3) is 0.389. The molecule has 1 atom stereocenters. The van der Waals surface area contributed by atoms with Crippen LogP contribution in [0.5, 0.6) is 0 Å². The summed E-state index contributed by atoms with van der Waals surface area (Å²) in [4.78, 5) is 18.0. The number of hydrogen-bond acceptors (Lipinski definition) is 5. The van der Waals surface area contributed by atoms with Crippen LogP contribution in [0.4, 0.5) is 11.6 Å². The topological polar surface area (TPSA) is 49.6 Å². The molecule has 24 heavy (non-hydrogen) atoms. The lowest BCUT2D eigenvalue weighted by atomic mass is 9.95. The van der Waals surface area contributed by atoms with Crippen molar-refractivity contribution in [3.8, 4) is 0 Å². The first-order chi connectivity index (χ1) is 11.7. The smallest absolute Gasteiger partial charge is 0.152 e. The molecule has 6 heteroatoms. The third-order valence-corrected chi connectivity index (χ3v) is 4.65. The first-order valence-corrected chi connectivity index (χ1v) is 8.38. The second kappa shape index (κ2) is 6.11. The van der Waals surface area contributed by atoms with E-state index in [1.807, 2.05) is 20.3 Å². The summed E-state index contributed by atoms with van der Waals surface area (Å²) >= 11 is 0. The highest BCUT2D eigenvalue weighted by Crippen LogP contribution is 2.30. The van der Waals surface area contributed by atoms with Crippen molar-refractivity contribution in [1.82, 2.24) is 19.4 Å². The average Bonchev–Trinajstić information content (AvgIpc) is 3.10. The molecule has 0 radical (unpaired) electrons. The van der Waals surface area contributed by atoms with Gasteiger partial charge in [-0.3, -0.25) is 4.98 Å². The molecule has 6 nitrogen and oxygen atoms in total. The number of rotatable bonds is 3. The molecule has 0 spiro atoms. The lowest BCUT2D eigenvalue weighted by Gasteiger charge is -2.33. The zero-order valence-electron chi connectivity index (χ0n) is 14.1.